The number of ether oxygens (including phenoxy) is 4. The predicted molar refractivity (Wildman–Crippen MR) is 332 cm³/mol. The van der Waals surface area contributed by atoms with Crippen molar-refractivity contribution in [3.05, 3.63) is 72.9 Å². The second-order valence-electron chi connectivity index (χ2n) is 23.2. The summed E-state index contributed by atoms with van der Waals surface area (Å²) in [5.41, 5.74) is 0. The Bertz CT molecular complexity index is 1650. The van der Waals surface area contributed by atoms with Gasteiger partial charge < -0.3 is 65.1 Å². The van der Waals surface area contributed by atoms with Crippen LogP contribution in [-0.4, -0.2) is 140 Å². The molecule has 14 nitrogen and oxygen atoms in total. The Morgan fingerprint density at radius 2 is 0.817 bits per heavy atom. The van der Waals surface area contributed by atoms with E-state index in [0.29, 0.717) is 12.8 Å². The SMILES string of the molecule is CCCCCCC/C=C\C/C=C\C/C=C\CCCCCCCCCCC(=O)NC(COC1OC(CO)C(OC2OC(CO)C(O)C(O)C2O)C(O)C1O)C(O)/C=C/CC/C=C/CC/C=C/CCCCCCCCCCCCCCCCC. The number of aliphatic hydroxyl groups is 8. The number of hydrogen-bond donors (Lipinski definition) is 9. The fourth-order valence-corrected chi connectivity index (χ4v) is 10.5. The number of rotatable bonds is 53. The largest absolute Gasteiger partial charge is 0.394 e. The molecular weight excluding hydrogens is 1040 g/mol. The first kappa shape index (κ1) is 75.5. The lowest BCUT2D eigenvalue weighted by Gasteiger charge is -2.46. The second-order valence-corrected chi connectivity index (χ2v) is 23.2. The highest BCUT2D eigenvalue weighted by molar-refractivity contribution is 5.76. The molecule has 476 valence electrons. The van der Waals surface area contributed by atoms with Gasteiger partial charge in [0, 0.05) is 6.42 Å². The summed E-state index contributed by atoms with van der Waals surface area (Å²) in [5.74, 6) is -0.261. The first-order chi connectivity index (χ1) is 40.1. The molecule has 2 heterocycles. The van der Waals surface area contributed by atoms with Crippen LogP contribution in [0.15, 0.2) is 72.9 Å². The Labute approximate surface area is 498 Å². The van der Waals surface area contributed by atoms with Crippen LogP contribution in [0.3, 0.4) is 0 Å². The van der Waals surface area contributed by atoms with Gasteiger partial charge >= 0.3 is 0 Å². The Hall–Kier alpha value is -2.57. The molecule has 2 rings (SSSR count). The molecule has 0 aliphatic carbocycles. The van der Waals surface area contributed by atoms with Crippen LogP contribution in [-0.2, 0) is 23.7 Å². The van der Waals surface area contributed by atoms with Gasteiger partial charge in [0.2, 0.25) is 5.91 Å². The maximum atomic E-state index is 13.3. The van der Waals surface area contributed by atoms with Crippen LogP contribution in [0.4, 0.5) is 0 Å². The molecule has 9 N–H and O–H groups in total. The molecule has 0 bridgehead atoms. The first-order valence-electron chi connectivity index (χ1n) is 33.2. The first-order valence-corrected chi connectivity index (χ1v) is 33.2. The summed E-state index contributed by atoms with van der Waals surface area (Å²) in [6.07, 6.45) is 53.7. The van der Waals surface area contributed by atoms with Crippen molar-refractivity contribution in [1.82, 2.24) is 5.32 Å². The molecule has 2 saturated heterocycles. The van der Waals surface area contributed by atoms with E-state index in [1.807, 2.05) is 6.08 Å². The number of amides is 1. The quantitative estimate of drug-likeness (QED) is 0.0204. The Kier molecular flexibility index (Phi) is 48.6. The van der Waals surface area contributed by atoms with Gasteiger partial charge in [-0.3, -0.25) is 4.79 Å². The van der Waals surface area contributed by atoms with E-state index in [1.54, 1.807) is 6.08 Å². The monoisotopic (exact) mass is 1160 g/mol. The van der Waals surface area contributed by atoms with Crippen molar-refractivity contribution in [3.8, 4) is 0 Å². The maximum Gasteiger partial charge on any atom is 0.220 e. The Morgan fingerprint density at radius 1 is 0.439 bits per heavy atom. The van der Waals surface area contributed by atoms with E-state index >= 15 is 0 Å². The molecule has 0 aromatic carbocycles. The summed E-state index contributed by atoms with van der Waals surface area (Å²) in [6, 6.07) is -0.947. The molecular formula is C68H121NO13. The van der Waals surface area contributed by atoms with Crippen LogP contribution in [0.25, 0.3) is 0 Å². The van der Waals surface area contributed by atoms with Crippen molar-refractivity contribution in [2.24, 2.45) is 0 Å². The third-order valence-corrected chi connectivity index (χ3v) is 15.8. The number of carbonyl (C=O) groups excluding carboxylic acids is 1. The zero-order chi connectivity index (χ0) is 59.5. The van der Waals surface area contributed by atoms with Gasteiger partial charge in [0.05, 0.1) is 32.0 Å². The minimum atomic E-state index is -1.80. The number of allylic oxidation sites excluding steroid dienone is 11. The van der Waals surface area contributed by atoms with Gasteiger partial charge in [-0.05, 0) is 83.5 Å². The fraction of sp³-hybridized carbons (Fsp3) is 0.809. The van der Waals surface area contributed by atoms with Crippen molar-refractivity contribution in [2.45, 2.75) is 331 Å². The molecule has 1 amide bonds. The topological polar surface area (TPSA) is 228 Å². The molecule has 2 fully saturated rings. The lowest BCUT2D eigenvalue weighted by atomic mass is 9.97. The standard InChI is InChI=1S/C68H121NO13/c1-3-5-7-9-11-13-15-17-19-21-23-25-27-28-30-31-33-35-37-39-41-43-45-47-49-51-57(72)56(55-79-67-65(78)63(76)66(59(54-71)81-67)82-68-64(77)62(75)61(74)58(53-70)80-68)69-60(73)52-50-48-46-44-42-40-38-36-34-32-29-26-24-22-20-18-16-14-12-10-8-6-4-2/h16,18,22,24,29,32-33,35,41,43,49,51,56-59,61-68,70-72,74-78H,3-15,17,19-21,23,25-28,30-31,34,36-40,42,44-48,50,52-55H2,1-2H3,(H,69,73)/b18-16-,24-22-,32-29-,35-33+,43-41+,51-49+. The molecule has 12 atom stereocenters. The number of carbonyl (C=O) groups is 1. The molecule has 82 heavy (non-hydrogen) atoms. The highest BCUT2D eigenvalue weighted by Crippen LogP contribution is 2.30. The summed E-state index contributed by atoms with van der Waals surface area (Å²) >= 11 is 0. The van der Waals surface area contributed by atoms with Gasteiger partial charge in [-0.15, -0.1) is 0 Å². The van der Waals surface area contributed by atoms with Crippen molar-refractivity contribution in [3.63, 3.8) is 0 Å². The van der Waals surface area contributed by atoms with Crippen LogP contribution in [0.2, 0.25) is 0 Å². The van der Waals surface area contributed by atoms with Crippen molar-refractivity contribution in [1.29, 1.82) is 0 Å². The van der Waals surface area contributed by atoms with Crippen LogP contribution < -0.4 is 5.32 Å². The summed E-state index contributed by atoms with van der Waals surface area (Å²) in [7, 11) is 0. The van der Waals surface area contributed by atoms with E-state index in [9.17, 15) is 45.6 Å². The van der Waals surface area contributed by atoms with E-state index < -0.39 is 86.8 Å². The number of hydrogen-bond acceptors (Lipinski definition) is 13. The van der Waals surface area contributed by atoms with Crippen molar-refractivity contribution < 1.29 is 64.6 Å². The average molecular weight is 1160 g/mol. The molecule has 2 aliphatic rings. The van der Waals surface area contributed by atoms with Crippen molar-refractivity contribution >= 4 is 5.91 Å². The molecule has 0 saturated carbocycles. The maximum absolute atomic E-state index is 13.3. The summed E-state index contributed by atoms with van der Waals surface area (Å²) in [6.45, 7) is 2.77. The van der Waals surface area contributed by atoms with E-state index in [-0.39, 0.29) is 18.9 Å². The molecule has 0 aromatic heterocycles. The summed E-state index contributed by atoms with van der Waals surface area (Å²) in [5, 5.41) is 87.3. The zero-order valence-corrected chi connectivity index (χ0v) is 51.5. The van der Waals surface area contributed by atoms with Crippen LogP contribution in [0, 0.1) is 0 Å². The minimum absolute atomic E-state index is 0.259. The fourth-order valence-electron chi connectivity index (χ4n) is 10.5. The number of unbranched alkanes of at least 4 members (excludes halogenated alkanes) is 30. The smallest absolute Gasteiger partial charge is 0.220 e. The highest BCUT2D eigenvalue weighted by Gasteiger charge is 2.51. The molecule has 2 aliphatic heterocycles. The molecule has 12 unspecified atom stereocenters. The number of nitrogens with one attached hydrogen (secondary N) is 1. The van der Waals surface area contributed by atoms with Crippen LogP contribution in [0.1, 0.15) is 258 Å². The average Bonchev–Trinajstić information content (AvgIpc) is 3.53. The summed E-state index contributed by atoms with van der Waals surface area (Å²) < 4.78 is 22.8. The minimum Gasteiger partial charge on any atom is -0.394 e. The van der Waals surface area contributed by atoms with Gasteiger partial charge in [0.25, 0.3) is 0 Å². The zero-order valence-electron chi connectivity index (χ0n) is 51.5. The Balaban J connectivity index is 1.76. The van der Waals surface area contributed by atoms with Gasteiger partial charge in [-0.1, -0.05) is 241 Å². The third-order valence-electron chi connectivity index (χ3n) is 15.8. The summed E-state index contributed by atoms with van der Waals surface area (Å²) in [4.78, 5) is 13.3. The molecule has 0 aromatic rings. The molecule has 14 heteroatoms. The highest BCUT2D eigenvalue weighted by atomic mass is 16.7. The predicted octanol–water partition coefficient (Wildman–Crippen LogP) is 12.7. The van der Waals surface area contributed by atoms with Crippen molar-refractivity contribution in [2.75, 3.05) is 19.8 Å². The van der Waals surface area contributed by atoms with Crippen LogP contribution >= 0.6 is 0 Å². The van der Waals surface area contributed by atoms with Crippen LogP contribution in [0.5, 0.6) is 0 Å². The van der Waals surface area contributed by atoms with Gasteiger partial charge in [-0.25, -0.2) is 0 Å². The van der Waals surface area contributed by atoms with E-state index in [0.717, 1.165) is 70.6 Å². The van der Waals surface area contributed by atoms with Gasteiger partial charge in [0.1, 0.15) is 48.8 Å². The normalized spacial score (nSPS) is 24.4. The molecule has 0 spiro atoms. The van der Waals surface area contributed by atoms with E-state index in [1.165, 1.54) is 154 Å². The third kappa shape index (κ3) is 37.1. The second kappa shape index (κ2) is 52.7. The number of aliphatic hydroxyl groups excluding tert-OH is 8. The van der Waals surface area contributed by atoms with E-state index in [2.05, 4.69) is 79.9 Å². The molecule has 0 radical (unpaired) electrons. The van der Waals surface area contributed by atoms with Gasteiger partial charge in [0.15, 0.2) is 12.6 Å². The van der Waals surface area contributed by atoms with Gasteiger partial charge in [-0.2, -0.15) is 0 Å². The lowest BCUT2D eigenvalue weighted by Crippen LogP contribution is -2.65. The Morgan fingerprint density at radius 3 is 1.28 bits per heavy atom. The lowest BCUT2D eigenvalue weighted by molar-refractivity contribution is -0.359. The van der Waals surface area contributed by atoms with E-state index in [4.69, 9.17) is 18.9 Å².